The topological polar surface area (TPSA) is 29.3 Å². The van der Waals surface area contributed by atoms with Gasteiger partial charge in [-0.3, -0.25) is 4.90 Å². The first-order valence-electron chi connectivity index (χ1n) is 8.82. The van der Waals surface area contributed by atoms with Crippen molar-refractivity contribution in [2.24, 2.45) is 11.7 Å². The standard InChI is InChI=1S/C19H30N2/c1-2-18-11-5-6-12-19(18,15-20)21-13-7-10-16-8-3-4-9-17(16)14-21/h3-4,8-9,18H,2,5-7,10-15,20H2,1H3. The minimum absolute atomic E-state index is 0.254. The number of benzene rings is 1. The van der Waals surface area contributed by atoms with E-state index in [0.717, 1.165) is 19.0 Å². The highest BCUT2D eigenvalue weighted by Crippen LogP contribution is 2.41. The molecule has 1 aliphatic carbocycles. The maximum atomic E-state index is 6.36. The summed E-state index contributed by atoms with van der Waals surface area (Å²) >= 11 is 0. The zero-order chi connectivity index (χ0) is 14.7. The summed E-state index contributed by atoms with van der Waals surface area (Å²) in [5, 5.41) is 0. The average molecular weight is 286 g/mol. The fraction of sp³-hybridized carbons (Fsp3) is 0.684. The van der Waals surface area contributed by atoms with Gasteiger partial charge in [0.05, 0.1) is 0 Å². The first-order chi connectivity index (χ1) is 10.3. The predicted molar refractivity (Wildman–Crippen MR) is 89.2 cm³/mol. The smallest absolute Gasteiger partial charge is 0.0363 e. The summed E-state index contributed by atoms with van der Waals surface area (Å²) in [6.45, 7) is 5.49. The Morgan fingerprint density at radius 3 is 2.76 bits per heavy atom. The summed E-state index contributed by atoms with van der Waals surface area (Å²) in [6.07, 6.45) is 9.18. The number of hydrogen-bond acceptors (Lipinski definition) is 2. The van der Waals surface area contributed by atoms with Crippen LogP contribution in [0.2, 0.25) is 0 Å². The van der Waals surface area contributed by atoms with Crippen LogP contribution in [-0.4, -0.2) is 23.5 Å². The predicted octanol–water partition coefficient (Wildman–Crippen LogP) is 3.73. The lowest BCUT2D eigenvalue weighted by atomic mass is 9.70. The van der Waals surface area contributed by atoms with E-state index in [1.807, 2.05) is 0 Å². The lowest BCUT2D eigenvalue weighted by molar-refractivity contribution is -0.00133. The molecule has 2 atom stereocenters. The zero-order valence-electron chi connectivity index (χ0n) is 13.5. The highest BCUT2D eigenvalue weighted by molar-refractivity contribution is 5.28. The van der Waals surface area contributed by atoms with Crippen molar-refractivity contribution in [1.29, 1.82) is 0 Å². The van der Waals surface area contributed by atoms with Gasteiger partial charge in [0.2, 0.25) is 0 Å². The minimum Gasteiger partial charge on any atom is -0.329 e. The van der Waals surface area contributed by atoms with E-state index in [-0.39, 0.29) is 5.54 Å². The summed E-state index contributed by atoms with van der Waals surface area (Å²) in [5.74, 6) is 0.779. The van der Waals surface area contributed by atoms with Crippen LogP contribution in [0.3, 0.4) is 0 Å². The van der Waals surface area contributed by atoms with Crippen molar-refractivity contribution in [3.05, 3.63) is 35.4 Å². The van der Waals surface area contributed by atoms with Crippen LogP contribution in [0.15, 0.2) is 24.3 Å². The molecule has 0 bridgehead atoms. The largest absolute Gasteiger partial charge is 0.329 e. The monoisotopic (exact) mass is 286 g/mol. The number of nitrogens with zero attached hydrogens (tertiary/aromatic N) is 1. The summed E-state index contributed by atoms with van der Waals surface area (Å²) in [5.41, 5.74) is 9.70. The molecule has 1 aliphatic heterocycles. The van der Waals surface area contributed by atoms with Crippen molar-refractivity contribution in [2.45, 2.75) is 64.0 Å². The molecule has 0 aromatic heterocycles. The minimum atomic E-state index is 0.254. The van der Waals surface area contributed by atoms with Crippen LogP contribution in [0.25, 0.3) is 0 Å². The second kappa shape index (κ2) is 6.50. The van der Waals surface area contributed by atoms with Gasteiger partial charge in [0, 0.05) is 18.6 Å². The van der Waals surface area contributed by atoms with Crippen LogP contribution in [0.4, 0.5) is 0 Å². The number of hydrogen-bond donors (Lipinski definition) is 1. The van der Waals surface area contributed by atoms with Gasteiger partial charge in [-0.25, -0.2) is 0 Å². The molecule has 2 unspecified atom stereocenters. The molecular weight excluding hydrogens is 256 g/mol. The van der Waals surface area contributed by atoms with E-state index in [1.165, 1.54) is 57.1 Å². The fourth-order valence-electron chi connectivity index (χ4n) is 4.77. The quantitative estimate of drug-likeness (QED) is 0.917. The lowest BCUT2D eigenvalue weighted by Crippen LogP contribution is -2.59. The molecule has 3 rings (SSSR count). The highest BCUT2D eigenvalue weighted by atomic mass is 15.2. The molecule has 2 nitrogen and oxygen atoms in total. The van der Waals surface area contributed by atoms with E-state index in [1.54, 1.807) is 5.56 Å². The number of nitrogens with two attached hydrogens (primary N) is 1. The molecule has 0 spiro atoms. The fourth-order valence-corrected chi connectivity index (χ4v) is 4.77. The van der Waals surface area contributed by atoms with E-state index in [2.05, 4.69) is 36.1 Å². The third kappa shape index (κ3) is 2.76. The second-order valence-electron chi connectivity index (χ2n) is 6.95. The van der Waals surface area contributed by atoms with Gasteiger partial charge in [0.15, 0.2) is 0 Å². The molecule has 116 valence electrons. The van der Waals surface area contributed by atoms with Crippen LogP contribution in [0.1, 0.15) is 56.6 Å². The van der Waals surface area contributed by atoms with Crippen LogP contribution >= 0.6 is 0 Å². The van der Waals surface area contributed by atoms with E-state index in [9.17, 15) is 0 Å². The number of fused-ring (bicyclic) bond motifs is 1. The van der Waals surface area contributed by atoms with E-state index < -0.39 is 0 Å². The molecule has 1 aromatic rings. The normalized spacial score (nSPS) is 30.7. The van der Waals surface area contributed by atoms with Crippen molar-refractivity contribution in [1.82, 2.24) is 4.90 Å². The van der Waals surface area contributed by atoms with Gasteiger partial charge < -0.3 is 5.73 Å². The SMILES string of the molecule is CCC1CCCCC1(CN)N1CCCc2ccccc2C1. The Hall–Kier alpha value is -0.860. The van der Waals surface area contributed by atoms with E-state index in [0.29, 0.717) is 0 Å². The van der Waals surface area contributed by atoms with Crippen LogP contribution in [0, 0.1) is 5.92 Å². The Morgan fingerprint density at radius 2 is 2.00 bits per heavy atom. The van der Waals surface area contributed by atoms with Crippen molar-refractivity contribution in [3.63, 3.8) is 0 Å². The summed E-state index contributed by atoms with van der Waals surface area (Å²) in [7, 11) is 0. The van der Waals surface area contributed by atoms with Gasteiger partial charge in [-0.2, -0.15) is 0 Å². The van der Waals surface area contributed by atoms with Crippen molar-refractivity contribution < 1.29 is 0 Å². The lowest BCUT2D eigenvalue weighted by Gasteiger charge is -2.51. The van der Waals surface area contributed by atoms with Crippen LogP contribution in [-0.2, 0) is 13.0 Å². The van der Waals surface area contributed by atoms with E-state index in [4.69, 9.17) is 5.73 Å². The maximum absolute atomic E-state index is 6.36. The van der Waals surface area contributed by atoms with Crippen molar-refractivity contribution in [3.8, 4) is 0 Å². The van der Waals surface area contributed by atoms with Crippen LogP contribution < -0.4 is 5.73 Å². The van der Waals surface area contributed by atoms with E-state index >= 15 is 0 Å². The summed E-state index contributed by atoms with van der Waals surface area (Å²) < 4.78 is 0. The van der Waals surface area contributed by atoms with Crippen LogP contribution in [0.5, 0.6) is 0 Å². The van der Waals surface area contributed by atoms with Gasteiger partial charge in [-0.05, 0) is 49.3 Å². The summed E-state index contributed by atoms with van der Waals surface area (Å²) in [4.78, 5) is 2.76. The number of aryl methyl sites for hydroxylation is 1. The third-order valence-electron chi connectivity index (χ3n) is 6.00. The van der Waals surface area contributed by atoms with Gasteiger partial charge in [0.25, 0.3) is 0 Å². The zero-order valence-corrected chi connectivity index (χ0v) is 13.5. The number of rotatable bonds is 3. The van der Waals surface area contributed by atoms with Crippen molar-refractivity contribution in [2.75, 3.05) is 13.1 Å². The molecule has 0 amide bonds. The highest BCUT2D eigenvalue weighted by Gasteiger charge is 2.43. The average Bonchev–Trinajstić information content (AvgIpc) is 2.77. The molecule has 0 saturated heterocycles. The molecule has 2 N–H and O–H groups in total. The third-order valence-corrected chi connectivity index (χ3v) is 6.00. The Labute approximate surface area is 129 Å². The Balaban J connectivity index is 1.90. The van der Waals surface area contributed by atoms with Gasteiger partial charge in [0.1, 0.15) is 0 Å². The Kier molecular flexibility index (Phi) is 4.66. The Bertz CT molecular complexity index is 470. The molecule has 2 aliphatic rings. The second-order valence-corrected chi connectivity index (χ2v) is 6.95. The van der Waals surface area contributed by atoms with Crippen molar-refractivity contribution >= 4 is 0 Å². The molecule has 1 fully saturated rings. The molecule has 1 aromatic carbocycles. The molecule has 21 heavy (non-hydrogen) atoms. The maximum Gasteiger partial charge on any atom is 0.0363 e. The van der Waals surface area contributed by atoms with Gasteiger partial charge in [-0.15, -0.1) is 0 Å². The first-order valence-corrected chi connectivity index (χ1v) is 8.82. The first kappa shape index (κ1) is 15.1. The molecule has 2 heteroatoms. The Morgan fingerprint density at radius 1 is 1.19 bits per heavy atom. The molecule has 0 radical (unpaired) electrons. The van der Waals surface area contributed by atoms with Gasteiger partial charge >= 0.3 is 0 Å². The van der Waals surface area contributed by atoms with Gasteiger partial charge in [-0.1, -0.05) is 50.5 Å². The molecular formula is C19H30N2. The molecule has 1 heterocycles. The molecule has 1 saturated carbocycles. The summed E-state index contributed by atoms with van der Waals surface area (Å²) in [6, 6.07) is 9.01.